The van der Waals surface area contributed by atoms with Gasteiger partial charge in [0.05, 0.1) is 11.3 Å². The molecule has 1 amide bonds. The minimum atomic E-state index is -0.182. The van der Waals surface area contributed by atoms with E-state index in [-0.39, 0.29) is 5.91 Å². The second-order valence-electron chi connectivity index (χ2n) is 4.86. The number of amides is 1. The van der Waals surface area contributed by atoms with Gasteiger partial charge >= 0.3 is 0 Å². The van der Waals surface area contributed by atoms with Gasteiger partial charge in [-0.15, -0.1) is 0 Å². The molecule has 5 nitrogen and oxygen atoms in total. The predicted octanol–water partition coefficient (Wildman–Crippen LogP) is 2.31. The molecule has 0 saturated carbocycles. The molecule has 6 heteroatoms. The highest BCUT2D eigenvalue weighted by atomic mass is 35.5. The van der Waals surface area contributed by atoms with Crippen LogP contribution in [-0.2, 0) is 19.9 Å². The first-order valence-electron chi connectivity index (χ1n) is 6.94. The molecule has 0 radical (unpaired) electrons. The van der Waals surface area contributed by atoms with Crippen LogP contribution >= 0.6 is 11.6 Å². The maximum absolute atomic E-state index is 12.3. The Balaban J connectivity index is 2.01. The van der Waals surface area contributed by atoms with Crippen molar-refractivity contribution >= 4 is 17.5 Å². The highest BCUT2D eigenvalue weighted by Gasteiger charge is 2.20. The van der Waals surface area contributed by atoms with Crippen molar-refractivity contribution in [2.45, 2.75) is 26.7 Å². The van der Waals surface area contributed by atoms with Crippen LogP contribution < -0.4 is 5.32 Å². The van der Waals surface area contributed by atoms with Gasteiger partial charge in [-0.3, -0.25) is 14.5 Å². The Morgan fingerprint density at radius 1 is 1.43 bits per heavy atom. The smallest absolute Gasteiger partial charge is 0.256 e. The van der Waals surface area contributed by atoms with E-state index in [0.717, 1.165) is 11.3 Å². The van der Waals surface area contributed by atoms with Gasteiger partial charge in [-0.1, -0.05) is 24.6 Å². The average Bonchev–Trinajstić information content (AvgIpc) is 2.76. The Bertz CT molecular complexity index is 651. The lowest BCUT2D eigenvalue weighted by Gasteiger charge is -2.07. The summed E-state index contributed by atoms with van der Waals surface area (Å²) < 4.78 is 1.53. The number of aryl methyl sites for hydroxylation is 3. The second-order valence-corrected chi connectivity index (χ2v) is 5.22. The Labute approximate surface area is 129 Å². The molecule has 112 valence electrons. The van der Waals surface area contributed by atoms with E-state index in [1.807, 2.05) is 26.0 Å². The number of nitrogens with zero attached hydrogens (tertiary/aromatic N) is 3. The number of halogens is 1. The first-order valence-corrected chi connectivity index (χ1v) is 7.32. The Morgan fingerprint density at radius 2 is 2.19 bits per heavy atom. The third kappa shape index (κ3) is 3.42. The number of pyridine rings is 1. The lowest BCUT2D eigenvalue weighted by molar-refractivity contribution is 0.0953. The van der Waals surface area contributed by atoms with E-state index in [0.29, 0.717) is 35.8 Å². The van der Waals surface area contributed by atoms with Crippen LogP contribution in [-0.4, -0.2) is 27.2 Å². The zero-order valence-electron chi connectivity index (χ0n) is 12.5. The quantitative estimate of drug-likeness (QED) is 0.922. The minimum Gasteiger partial charge on any atom is -0.351 e. The Kier molecular flexibility index (Phi) is 4.96. The van der Waals surface area contributed by atoms with Crippen molar-refractivity contribution in [2.75, 3.05) is 6.54 Å². The minimum absolute atomic E-state index is 0.182. The van der Waals surface area contributed by atoms with E-state index in [9.17, 15) is 4.79 Å². The van der Waals surface area contributed by atoms with Crippen LogP contribution in [0.15, 0.2) is 18.3 Å². The molecule has 0 aromatic carbocycles. The number of nitrogens with one attached hydrogen (secondary N) is 1. The van der Waals surface area contributed by atoms with E-state index < -0.39 is 0 Å². The first-order chi connectivity index (χ1) is 10.0. The van der Waals surface area contributed by atoms with Gasteiger partial charge in [0.15, 0.2) is 0 Å². The lowest BCUT2D eigenvalue weighted by Crippen LogP contribution is -2.27. The summed E-state index contributed by atoms with van der Waals surface area (Å²) in [4.78, 5) is 16.6. The molecular weight excluding hydrogens is 288 g/mol. The molecule has 1 N–H and O–H groups in total. The van der Waals surface area contributed by atoms with Gasteiger partial charge < -0.3 is 5.32 Å². The molecule has 2 heterocycles. The number of hydrogen-bond donors (Lipinski definition) is 1. The zero-order valence-corrected chi connectivity index (χ0v) is 13.2. The van der Waals surface area contributed by atoms with Crippen LogP contribution in [0, 0.1) is 6.92 Å². The molecule has 21 heavy (non-hydrogen) atoms. The Hall–Kier alpha value is -1.88. The third-order valence-corrected chi connectivity index (χ3v) is 3.81. The highest BCUT2D eigenvalue weighted by molar-refractivity contribution is 6.33. The molecule has 0 fully saturated rings. The SMILES string of the molecule is CCc1nn(C)c(Cl)c1C(=O)NCCc1ncccc1C. The number of hydrogen-bond acceptors (Lipinski definition) is 3. The summed E-state index contributed by atoms with van der Waals surface area (Å²) in [6.07, 6.45) is 3.12. The van der Waals surface area contributed by atoms with Crippen molar-refractivity contribution in [1.82, 2.24) is 20.1 Å². The van der Waals surface area contributed by atoms with Crippen molar-refractivity contribution in [1.29, 1.82) is 0 Å². The molecule has 0 bridgehead atoms. The molecule has 2 rings (SSSR count). The van der Waals surface area contributed by atoms with Crippen LogP contribution in [0.5, 0.6) is 0 Å². The molecule has 0 spiro atoms. The van der Waals surface area contributed by atoms with E-state index in [1.165, 1.54) is 4.68 Å². The van der Waals surface area contributed by atoms with Crippen molar-refractivity contribution in [3.8, 4) is 0 Å². The average molecular weight is 307 g/mol. The molecule has 0 aliphatic heterocycles. The molecular formula is C15H19ClN4O. The van der Waals surface area contributed by atoms with Gasteiger partial charge in [-0.2, -0.15) is 5.10 Å². The van der Waals surface area contributed by atoms with Crippen molar-refractivity contribution in [3.05, 3.63) is 46.0 Å². The van der Waals surface area contributed by atoms with Gasteiger partial charge in [0.25, 0.3) is 5.91 Å². The first kappa shape index (κ1) is 15.5. The number of rotatable bonds is 5. The predicted molar refractivity (Wildman–Crippen MR) is 82.6 cm³/mol. The molecule has 0 aliphatic carbocycles. The van der Waals surface area contributed by atoms with E-state index >= 15 is 0 Å². The van der Waals surface area contributed by atoms with Gasteiger partial charge in [0, 0.05) is 31.9 Å². The maximum Gasteiger partial charge on any atom is 0.256 e. The third-order valence-electron chi connectivity index (χ3n) is 3.38. The summed E-state index contributed by atoms with van der Waals surface area (Å²) in [5.41, 5.74) is 3.31. The number of carbonyl (C=O) groups is 1. The summed E-state index contributed by atoms with van der Waals surface area (Å²) >= 11 is 6.14. The summed E-state index contributed by atoms with van der Waals surface area (Å²) in [5.74, 6) is -0.182. The molecule has 0 saturated heterocycles. The Morgan fingerprint density at radius 3 is 2.86 bits per heavy atom. The number of carbonyl (C=O) groups excluding carboxylic acids is 1. The van der Waals surface area contributed by atoms with Gasteiger partial charge in [-0.05, 0) is 25.0 Å². The van der Waals surface area contributed by atoms with Crippen molar-refractivity contribution in [2.24, 2.45) is 7.05 Å². The topological polar surface area (TPSA) is 59.8 Å². The number of aromatic nitrogens is 3. The van der Waals surface area contributed by atoms with Gasteiger partial charge in [-0.25, -0.2) is 0 Å². The molecule has 2 aromatic heterocycles. The largest absolute Gasteiger partial charge is 0.351 e. The highest BCUT2D eigenvalue weighted by Crippen LogP contribution is 2.19. The van der Waals surface area contributed by atoms with Crippen LogP contribution in [0.4, 0.5) is 0 Å². The summed E-state index contributed by atoms with van der Waals surface area (Å²) in [6.45, 7) is 4.48. The fourth-order valence-electron chi connectivity index (χ4n) is 2.19. The van der Waals surface area contributed by atoms with E-state index in [4.69, 9.17) is 11.6 Å². The molecule has 0 unspecified atom stereocenters. The van der Waals surface area contributed by atoms with Crippen LogP contribution in [0.25, 0.3) is 0 Å². The monoisotopic (exact) mass is 306 g/mol. The van der Waals surface area contributed by atoms with E-state index in [2.05, 4.69) is 15.4 Å². The van der Waals surface area contributed by atoms with Gasteiger partial charge in [0.1, 0.15) is 5.15 Å². The normalized spacial score (nSPS) is 10.7. The van der Waals surface area contributed by atoms with E-state index in [1.54, 1.807) is 13.2 Å². The fourth-order valence-corrected chi connectivity index (χ4v) is 2.42. The second kappa shape index (κ2) is 6.72. The summed E-state index contributed by atoms with van der Waals surface area (Å²) in [5, 5.41) is 7.50. The van der Waals surface area contributed by atoms with Gasteiger partial charge in [0.2, 0.25) is 0 Å². The molecule has 0 atom stereocenters. The van der Waals surface area contributed by atoms with Crippen LogP contribution in [0.1, 0.15) is 34.2 Å². The van der Waals surface area contributed by atoms with Crippen molar-refractivity contribution in [3.63, 3.8) is 0 Å². The summed E-state index contributed by atoms with van der Waals surface area (Å²) in [7, 11) is 1.73. The molecule has 2 aromatic rings. The maximum atomic E-state index is 12.3. The molecule has 0 aliphatic rings. The zero-order chi connectivity index (χ0) is 15.4. The van der Waals surface area contributed by atoms with Crippen LogP contribution in [0.2, 0.25) is 5.15 Å². The standard InChI is InChI=1S/C15H19ClN4O/c1-4-11-13(14(16)20(3)19-11)15(21)18-9-7-12-10(2)6-5-8-17-12/h5-6,8H,4,7,9H2,1-3H3,(H,18,21). The van der Waals surface area contributed by atoms with Crippen molar-refractivity contribution < 1.29 is 4.79 Å². The lowest BCUT2D eigenvalue weighted by atomic mass is 10.1. The van der Waals surface area contributed by atoms with Crippen LogP contribution in [0.3, 0.4) is 0 Å². The fraction of sp³-hybridized carbons (Fsp3) is 0.400. The summed E-state index contributed by atoms with van der Waals surface area (Å²) in [6, 6.07) is 3.91.